The summed E-state index contributed by atoms with van der Waals surface area (Å²) in [4.78, 5) is 0. The minimum atomic E-state index is 0.630. The molecule has 4 rings (SSSR count). The van der Waals surface area contributed by atoms with Crippen LogP contribution in [0.3, 0.4) is 0 Å². The average Bonchev–Trinajstić information content (AvgIpc) is 3.29. The Morgan fingerprint density at radius 2 is 0.857 bits per heavy atom. The lowest BCUT2D eigenvalue weighted by atomic mass is 9.55. The zero-order chi connectivity index (χ0) is 19.1. The highest BCUT2D eigenvalue weighted by Crippen LogP contribution is 2.59. The van der Waals surface area contributed by atoms with Gasteiger partial charge in [0.05, 0.1) is 0 Å². The molecule has 0 aliphatic heterocycles. The van der Waals surface area contributed by atoms with Gasteiger partial charge < -0.3 is 0 Å². The van der Waals surface area contributed by atoms with Gasteiger partial charge in [-0.05, 0) is 87.9 Å². The summed E-state index contributed by atoms with van der Waals surface area (Å²) < 4.78 is 0. The summed E-state index contributed by atoms with van der Waals surface area (Å²) in [6.45, 7) is 0. The third kappa shape index (κ3) is 4.73. The highest BCUT2D eigenvalue weighted by molar-refractivity contribution is 5.27. The van der Waals surface area contributed by atoms with Crippen molar-refractivity contribution in [2.45, 2.75) is 148 Å². The fourth-order valence-corrected chi connectivity index (χ4v) is 8.07. The van der Waals surface area contributed by atoms with E-state index in [2.05, 4.69) is 5.57 Å². The molecule has 0 amide bonds. The quantitative estimate of drug-likeness (QED) is 0.328. The molecule has 0 saturated heterocycles. The van der Waals surface area contributed by atoms with Crippen molar-refractivity contribution in [3.8, 4) is 0 Å². The van der Waals surface area contributed by atoms with Gasteiger partial charge in [0.2, 0.25) is 0 Å². The Balaban J connectivity index is 1.77. The Morgan fingerprint density at radius 1 is 0.429 bits per heavy atom. The third-order valence-electron chi connectivity index (χ3n) is 9.38. The van der Waals surface area contributed by atoms with Crippen molar-refractivity contribution in [1.82, 2.24) is 0 Å². The van der Waals surface area contributed by atoms with Crippen molar-refractivity contribution < 1.29 is 0 Å². The van der Waals surface area contributed by atoms with Gasteiger partial charge in [-0.2, -0.15) is 0 Å². The lowest BCUT2D eigenvalue weighted by Gasteiger charge is -2.50. The standard InChI is InChI=1S/C28H48/c1-2-9-17-24(16-8-1)27-22-14-7-15-23-28(27,25-18-10-3-4-11-19-25)26-20-12-5-6-13-21-26/h25-26H,1-23H2. The zero-order valence-electron chi connectivity index (χ0n) is 18.9. The van der Waals surface area contributed by atoms with E-state index in [1.807, 2.05) is 5.57 Å². The molecule has 4 aliphatic carbocycles. The van der Waals surface area contributed by atoms with Crippen molar-refractivity contribution >= 4 is 0 Å². The third-order valence-corrected chi connectivity index (χ3v) is 9.38. The highest BCUT2D eigenvalue weighted by Gasteiger charge is 2.48. The maximum Gasteiger partial charge on any atom is -0.00290 e. The van der Waals surface area contributed by atoms with Gasteiger partial charge in [0.25, 0.3) is 0 Å². The van der Waals surface area contributed by atoms with Crippen LogP contribution in [-0.2, 0) is 0 Å². The first-order valence-corrected chi connectivity index (χ1v) is 13.6. The van der Waals surface area contributed by atoms with Crippen LogP contribution in [0.15, 0.2) is 11.1 Å². The fourth-order valence-electron chi connectivity index (χ4n) is 8.07. The molecule has 0 bridgehead atoms. The van der Waals surface area contributed by atoms with E-state index in [0.717, 1.165) is 11.8 Å². The topological polar surface area (TPSA) is 0 Å². The van der Waals surface area contributed by atoms with Crippen molar-refractivity contribution in [3.05, 3.63) is 11.1 Å². The van der Waals surface area contributed by atoms with Crippen molar-refractivity contribution in [2.24, 2.45) is 17.3 Å². The first-order valence-electron chi connectivity index (χ1n) is 13.6. The smallest absolute Gasteiger partial charge is 0.00290 e. The molecule has 0 N–H and O–H groups in total. The first kappa shape index (κ1) is 21.0. The molecule has 4 saturated carbocycles. The van der Waals surface area contributed by atoms with Gasteiger partial charge in [-0.25, -0.2) is 0 Å². The summed E-state index contributed by atoms with van der Waals surface area (Å²) in [6, 6.07) is 0. The van der Waals surface area contributed by atoms with Crippen LogP contribution in [0.2, 0.25) is 0 Å². The first-order chi connectivity index (χ1) is 13.9. The lowest BCUT2D eigenvalue weighted by Crippen LogP contribution is -2.40. The largest absolute Gasteiger partial charge is 0.0704 e. The van der Waals surface area contributed by atoms with Gasteiger partial charge in [0.15, 0.2) is 0 Å². The normalized spacial score (nSPS) is 29.6. The van der Waals surface area contributed by atoms with E-state index >= 15 is 0 Å². The minimum absolute atomic E-state index is 0.630. The number of allylic oxidation sites excluding steroid dienone is 2. The van der Waals surface area contributed by atoms with Gasteiger partial charge in [0.1, 0.15) is 0 Å². The summed E-state index contributed by atoms with van der Waals surface area (Å²) in [6.07, 6.45) is 35.0. The molecular formula is C28H48. The monoisotopic (exact) mass is 384 g/mol. The van der Waals surface area contributed by atoms with Gasteiger partial charge in [-0.3, -0.25) is 0 Å². The van der Waals surface area contributed by atoms with Crippen molar-refractivity contribution in [1.29, 1.82) is 0 Å². The SMILES string of the molecule is C1CCCC(=C2CCCCCC2(C2CCCCCC2)C2CCCCCC2)CC1. The summed E-state index contributed by atoms with van der Waals surface area (Å²) in [7, 11) is 0. The molecule has 0 aromatic carbocycles. The van der Waals surface area contributed by atoms with Gasteiger partial charge in [0, 0.05) is 0 Å². The molecule has 0 heterocycles. The Labute approximate surface area is 176 Å². The van der Waals surface area contributed by atoms with Crippen molar-refractivity contribution in [3.63, 3.8) is 0 Å². The molecule has 0 aromatic rings. The van der Waals surface area contributed by atoms with E-state index in [4.69, 9.17) is 0 Å². The second-order valence-corrected chi connectivity index (χ2v) is 11.0. The molecule has 0 aromatic heterocycles. The van der Waals surface area contributed by atoms with E-state index in [-0.39, 0.29) is 0 Å². The van der Waals surface area contributed by atoms with Crippen LogP contribution in [0.5, 0.6) is 0 Å². The zero-order valence-corrected chi connectivity index (χ0v) is 18.9. The van der Waals surface area contributed by atoms with Gasteiger partial charge in [-0.1, -0.05) is 88.2 Å². The summed E-state index contributed by atoms with van der Waals surface area (Å²) >= 11 is 0. The van der Waals surface area contributed by atoms with E-state index in [0.29, 0.717) is 5.41 Å². The van der Waals surface area contributed by atoms with Crippen LogP contribution >= 0.6 is 0 Å². The molecule has 0 atom stereocenters. The Kier molecular flexibility index (Phi) is 8.00. The van der Waals surface area contributed by atoms with Crippen LogP contribution in [0.1, 0.15) is 148 Å². The van der Waals surface area contributed by atoms with E-state index in [1.54, 1.807) is 32.1 Å². The van der Waals surface area contributed by atoms with Crippen molar-refractivity contribution in [2.75, 3.05) is 0 Å². The maximum atomic E-state index is 2.10. The second-order valence-electron chi connectivity index (χ2n) is 11.0. The minimum Gasteiger partial charge on any atom is -0.0704 e. The average molecular weight is 385 g/mol. The van der Waals surface area contributed by atoms with Crippen LogP contribution in [-0.4, -0.2) is 0 Å². The van der Waals surface area contributed by atoms with Crippen LogP contribution in [0, 0.1) is 17.3 Å². The van der Waals surface area contributed by atoms with E-state index < -0.39 is 0 Å². The van der Waals surface area contributed by atoms with Crippen LogP contribution in [0.25, 0.3) is 0 Å². The molecule has 0 nitrogen and oxygen atoms in total. The van der Waals surface area contributed by atoms with Gasteiger partial charge in [-0.15, -0.1) is 0 Å². The molecule has 4 fully saturated rings. The molecule has 28 heavy (non-hydrogen) atoms. The fraction of sp³-hybridized carbons (Fsp3) is 0.929. The summed E-state index contributed by atoms with van der Waals surface area (Å²) in [5, 5.41) is 0. The molecule has 0 radical (unpaired) electrons. The highest BCUT2D eigenvalue weighted by atomic mass is 14.5. The molecule has 0 heteroatoms. The Morgan fingerprint density at radius 3 is 1.39 bits per heavy atom. The molecular weight excluding hydrogens is 336 g/mol. The van der Waals surface area contributed by atoms with E-state index in [9.17, 15) is 0 Å². The molecule has 160 valence electrons. The maximum absolute atomic E-state index is 2.10. The summed E-state index contributed by atoms with van der Waals surface area (Å²) in [5.74, 6) is 2.06. The van der Waals surface area contributed by atoms with Crippen LogP contribution in [0.4, 0.5) is 0 Å². The number of rotatable bonds is 2. The van der Waals surface area contributed by atoms with Crippen LogP contribution < -0.4 is 0 Å². The molecule has 4 aliphatic rings. The predicted molar refractivity (Wildman–Crippen MR) is 123 cm³/mol. The Bertz CT molecular complexity index is 452. The number of hydrogen-bond acceptors (Lipinski definition) is 0. The summed E-state index contributed by atoms with van der Waals surface area (Å²) in [5.41, 5.74) is 4.74. The number of hydrogen-bond donors (Lipinski definition) is 0. The lowest BCUT2D eigenvalue weighted by molar-refractivity contribution is 0.0732. The predicted octanol–water partition coefficient (Wildman–Crippen LogP) is 9.53. The molecule has 0 unspecified atom stereocenters. The van der Waals surface area contributed by atoms with E-state index in [1.165, 1.54) is 116 Å². The molecule has 0 spiro atoms. The van der Waals surface area contributed by atoms with Gasteiger partial charge >= 0.3 is 0 Å². The Hall–Kier alpha value is -0.260. The second kappa shape index (κ2) is 10.7.